The van der Waals surface area contributed by atoms with Crippen molar-refractivity contribution in [1.82, 2.24) is 14.5 Å². The molecule has 1 saturated heterocycles. The van der Waals surface area contributed by atoms with E-state index in [9.17, 15) is 8.42 Å². The average Bonchev–Trinajstić information content (AvgIpc) is 3.33. The lowest BCUT2D eigenvalue weighted by atomic mass is 10.1. The van der Waals surface area contributed by atoms with E-state index in [4.69, 9.17) is 14.2 Å². The summed E-state index contributed by atoms with van der Waals surface area (Å²) in [5, 5.41) is 8.74. The van der Waals surface area contributed by atoms with E-state index >= 15 is 0 Å². The van der Waals surface area contributed by atoms with Crippen molar-refractivity contribution in [1.29, 1.82) is 0 Å². The highest BCUT2D eigenvalue weighted by Gasteiger charge is 2.31. The molecule has 5 rings (SSSR count). The first-order valence-corrected chi connectivity index (χ1v) is 13.1. The average molecular weight is 547 g/mol. The molecule has 2 aliphatic heterocycles. The number of aromatic nitrogens is 2. The lowest BCUT2D eigenvalue weighted by Gasteiger charge is -2.34. The minimum absolute atomic E-state index is 0.171. The fourth-order valence-electron chi connectivity index (χ4n) is 3.96. The van der Waals surface area contributed by atoms with Crippen LogP contribution in [-0.2, 0) is 10.0 Å². The maximum absolute atomic E-state index is 13.3. The van der Waals surface area contributed by atoms with E-state index in [1.54, 1.807) is 18.2 Å². The van der Waals surface area contributed by atoms with Crippen LogP contribution in [0.4, 0.5) is 5.82 Å². The number of piperazine rings is 1. The third kappa shape index (κ3) is 4.42. The van der Waals surface area contributed by atoms with Gasteiger partial charge in [0.05, 0.1) is 12.3 Å². The lowest BCUT2D eigenvalue weighted by molar-refractivity contribution is 0.174. The van der Waals surface area contributed by atoms with E-state index in [0.29, 0.717) is 54.6 Å². The zero-order valence-electron chi connectivity index (χ0n) is 18.5. The van der Waals surface area contributed by atoms with Gasteiger partial charge < -0.3 is 19.1 Å². The number of benzene rings is 2. The van der Waals surface area contributed by atoms with Gasteiger partial charge in [-0.15, -0.1) is 10.2 Å². The van der Waals surface area contributed by atoms with Crippen LogP contribution in [-0.4, -0.2) is 62.5 Å². The van der Waals surface area contributed by atoms with Crippen molar-refractivity contribution in [2.24, 2.45) is 0 Å². The molecule has 0 unspecified atom stereocenters. The van der Waals surface area contributed by atoms with Crippen LogP contribution in [0.15, 0.2) is 57.9 Å². The van der Waals surface area contributed by atoms with E-state index in [1.165, 1.54) is 4.31 Å². The number of ether oxygens (including phenoxy) is 3. The van der Waals surface area contributed by atoms with Gasteiger partial charge in [0, 0.05) is 36.2 Å². The number of rotatable bonds is 6. The first-order valence-electron chi connectivity index (χ1n) is 10.9. The van der Waals surface area contributed by atoms with E-state index in [0.717, 1.165) is 17.0 Å². The summed E-state index contributed by atoms with van der Waals surface area (Å²) >= 11 is 3.37. The molecule has 178 valence electrons. The van der Waals surface area contributed by atoms with Crippen molar-refractivity contribution >= 4 is 31.8 Å². The smallest absolute Gasteiger partial charge is 0.246 e. The quantitative estimate of drug-likeness (QED) is 0.463. The van der Waals surface area contributed by atoms with Gasteiger partial charge in [-0.3, -0.25) is 0 Å². The summed E-state index contributed by atoms with van der Waals surface area (Å²) in [5.74, 6) is 2.48. The van der Waals surface area contributed by atoms with Crippen LogP contribution < -0.4 is 19.1 Å². The molecule has 0 bridgehead atoms. The van der Waals surface area contributed by atoms with Crippen molar-refractivity contribution in [2.75, 3.05) is 44.5 Å². The van der Waals surface area contributed by atoms with Gasteiger partial charge in [-0.1, -0.05) is 15.9 Å². The normalized spacial score (nSPS) is 16.0. The van der Waals surface area contributed by atoms with Crippen molar-refractivity contribution in [3.63, 3.8) is 0 Å². The zero-order valence-corrected chi connectivity index (χ0v) is 20.9. The highest BCUT2D eigenvalue weighted by Crippen LogP contribution is 2.35. The molecule has 3 heterocycles. The van der Waals surface area contributed by atoms with Gasteiger partial charge in [0.15, 0.2) is 17.3 Å². The third-order valence-corrected chi connectivity index (χ3v) is 8.12. The number of sulfonamides is 1. The Balaban J connectivity index is 1.28. The largest absolute Gasteiger partial charge is 0.492 e. The third-order valence-electron chi connectivity index (χ3n) is 5.70. The predicted molar refractivity (Wildman–Crippen MR) is 130 cm³/mol. The predicted octanol–water partition coefficient (Wildman–Crippen LogP) is 3.54. The second kappa shape index (κ2) is 9.40. The molecular weight excluding hydrogens is 524 g/mol. The summed E-state index contributed by atoms with van der Waals surface area (Å²) in [7, 11) is -3.70. The number of anilines is 1. The number of hydrogen-bond acceptors (Lipinski definition) is 8. The molecular formula is C23H23BrN4O5S. The molecule has 3 aromatic rings. The highest BCUT2D eigenvalue weighted by molar-refractivity contribution is 9.10. The van der Waals surface area contributed by atoms with Crippen molar-refractivity contribution in [3.05, 3.63) is 53.0 Å². The zero-order chi connectivity index (χ0) is 23.7. The SMILES string of the molecule is CCOc1ccc(Br)cc1S(=O)(=O)N1CCN(c2ccc(-c3ccc4c(c3)OCO4)nn2)CC1. The van der Waals surface area contributed by atoms with Crippen LogP contribution in [0.5, 0.6) is 17.2 Å². The molecule has 0 amide bonds. The van der Waals surface area contributed by atoms with E-state index in [-0.39, 0.29) is 11.7 Å². The summed E-state index contributed by atoms with van der Waals surface area (Å²) in [4.78, 5) is 2.21. The molecule has 0 radical (unpaired) electrons. The number of nitrogens with zero attached hydrogens (tertiary/aromatic N) is 4. The van der Waals surface area contributed by atoms with Crippen LogP contribution in [0.25, 0.3) is 11.3 Å². The van der Waals surface area contributed by atoms with Crippen LogP contribution in [0.2, 0.25) is 0 Å². The molecule has 1 aromatic heterocycles. The molecule has 0 N–H and O–H groups in total. The van der Waals surface area contributed by atoms with E-state index in [2.05, 4.69) is 26.1 Å². The van der Waals surface area contributed by atoms with Crippen molar-refractivity contribution in [2.45, 2.75) is 11.8 Å². The molecule has 34 heavy (non-hydrogen) atoms. The first kappa shape index (κ1) is 22.9. The lowest BCUT2D eigenvalue weighted by Crippen LogP contribution is -2.49. The fraction of sp³-hybridized carbons (Fsp3) is 0.304. The van der Waals surface area contributed by atoms with E-state index < -0.39 is 10.0 Å². The monoisotopic (exact) mass is 546 g/mol. The van der Waals surface area contributed by atoms with Gasteiger partial charge in [0.2, 0.25) is 16.8 Å². The fourth-order valence-corrected chi connectivity index (χ4v) is 6.05. The Hall–Kier alpha value is -2.89. The van der Waals surface area contributed by atoms with Crippen molar-refractivity contribution < 1.29 is 22.6 Å². The first-order chi connectivity index (χ1) is 16.5. The van der Waals surface area contributed by atoms with E-state index in [1.807, 2.05) is 42.2 Å². The van der Waals surface area contributed by atoms with Crippen LogP contribution in [0, 0.1) is 0 Å². The molecule has 0 saturated carbocycles. The highest BCUT2D eigenvalue weighted by atomic mass is 79.9. The Morgan fingerprint density at radius 1 is 0.971 bits per heavy atom. The Morgan fingerprint density at radius 3 is 2.50 bits per heavy atom. The molecule has 0 atom stereocenters. The summed E-state index contributed by atoms with van der Waals surface area (Å²) in [6, 6.07) is 14.5. The van der Waals surface area contributed by atoms with Crippen molar-refractivity contribution in [3.8, 4) is 28.5 Å². The summed E-state index contributed by atoms with van der Waals surface area (Å²) in [6.07, 6.45) is 0. The molecule has 2 aliphatic rings. The summed E-state index contributed by atoms with van der Waals surface area (Å²) in [5.41, 5.74) is 1.61. The van der Waals surface area contributed by atoms with Gasteiger partial charge in [-0.2, -0.15) is 4.31 Å². The molecule has 11 heteroatoms. The second-order valence-electron chi connectivity index (χ2n) is 7.76. The standard InChI is InChI=1S/C23H23BrN4O5S/c1-2-31-20-7-4-17(24)14-22(20)34(29,30)28-11-9-27(10-12-28)23-8-5-18(25-26-23)16-3-6-19-21(13-16)33-15-32-19/h3-8,13-14H,2,9-12,15H2,1H3. The molecule has 2 aromatic carbocycles. The number of hydrogen-bond donors (Lipinski definition) is 0. The van der Waals surface area contributed by atoms with Crippen LogP contribution in [0.3, 0.4) is 0 Å². The van der Waals surface area contributed by atoms with Gasteiger partial charge >= 0.3 is 0 Å². The number of halogens is 1. The minimum atomic E-state index is -3.70. The Kier molecular flexibility index (Phi) is 6.32. The molecule has 1 fully saturated rings. The number of fused-ring (bicyclic) bond motifs is 1. The van der Waals surface area contributed by atoms with Gasteiger partial charge in [-0.05, 0) is 55.5 Å². The van der Waals surface area contributed by atoms with Gasteiger partial charge in [-0.25, -0.2) is 8.42 Å². The summed E-state index contributed by atoms with van der Waals surface area (Å²) in [6.45, 7) is 4.14. The minimum Gasteiger partial charge on any atom is -0.492 e. The molecule has 0 aliphatic carbocycles. The molecule has 0 spiro atoms. The van der Waals surface area contributed by atoms with Crippen LogP contribution in [0.1, 0.15) is 6.92 Å². The maximum Gasteiger partial charge on any atom is 0.246 e. The maximum atomic E-state index is 13.3. The Morgan fingerprint density at radius 2 is 1.76 bits per heavy atom. The topological polar surface area (TPSA) is 94.1 Å². The van der Waals surface area contributed by atoms with Gasteiger partial charge in [0.25, 0.3) is 0 Å². The van der Waals surface area contributed by atoms with Crippen LogP contribution >= 0.6 is 15.9 Å². The van der Waals surface area contributed by atoms with Gasteiger partial charge in [0.1, 0.15) is 10.6 Å². The Labute approximate surface area is 206 Å². The molecule has 9 nitrogen and oxygen atoms in total. The second-order valence-corrected chi connectivity index (χ2v) is 10.6. The Bertz CT molecular complexity index is 1300. The summed E-state index contributed by atoms with van der Waals surface area (Å²) < 4.78 is 45.2.